The monoisotopic (exact) mass is 245 g/mol. The maximum absolute atomic E-state index is 11.9. The SMILES string of the molecule is COC[C@@H](C)NC(=O)c1cnc2ccccc2n1. The molecule has 5 nitrogen and oxygen atoms in total. The topological polar surface area (TPSA) is 64.1 Å². The van der Waals surface area contributed by atoms with Crippen molar-refractivity contribution in [2.45, 2.75) is 13.0 Å². The Kier molecular flexibility index (Phi) is 3.84. The number of amides is 1. The third-order valence-electron chi connectivity index (χ3n) is 2.48. The van der Waals surface area contributed by atoms with Gasteiger partial charge in [0.15, 0.2) is 0 Å². The first-order chi connectivity index (χ1) is 8.70. The van der Waals surface area contributed by atoms with E-state index in [1.54, 1.807) is 7.11 Å². The third kappa shape index (κ3) is 2.81. The minimum Gasteiger partial charge on any atom is -0.383 e. The van der Waals surface area contributed by atoms with E-state index in [1.165, 1.54) is 6.20 Å². The summed E-state index contributed by atoms with van der Waals surface area (Å²) in [5.74, 6) is -0.238. The van der Waals surface area contributed by atoms with E-state index in [-0.39, 0.29) is 11.9 Å². The van der Waals surface area contributed by atoms with Crippen molar-refractivity contribution in [3.8, 4) is 0 Å². The molecule has 0 bridgehead atoms. The van der Waals surface area contributed by atoms with Gasteiger partial charge in [0, 0.05) is 13.2 Å². The van der Waals surface area contributed by atoms with Crippen LogP contribution in [0, 0.1) is 0 Å². The highest BCUT2D eigenvalue weighted by atomic mass is 16.5. The molecule has 2 aromatic rings. The molecule has 18 heavy (non-hydrogen) atoms. The van der Waals surface area contributed by atoms with Crippen molar-refractivity contribution in [3.05, 3.63) is 36.2 Å². The molecule has 1 amide bonds. The van der Waals surface area contributed by atoms with Crippen LogP contribution in [0.15, 0.2) is 30.5 Å². The van der Waals surface area contributed by atoms with Gasteiger partial charge in [-0.15, -0.1) is 0 Å². The number of hydrogen-bond acceptors (Lipinski definition) is 4. The van der Waals surface area contributed by atoms with E-state index in [9.17, 15) is 4.79 Å². The first kappa shape index (κ1) is 12.4. The summed E-state index contributed by atoms with van der Waals surface area (Å²) in [6, 6.07) is 7.38. The fourth-order valence-electron chi connectivity index (χ4n) is 1.66. The lowest BCUT2D eigenvalue weighted by Gasteiger charge is -2.12. The summed E-state index contributed by atoms with van der Waals surface area (Å²) in [6.07, 6.45) is 1.48. The van der Waals surface area contributed by atoms with Crippen LogP contribution in [0.4, 0.5) is 0 Å². The molecule has 1 heterocycles. The van der Waals surface area contributed by atoms with Gasteiger partial charge in [0.25, 0.3) is 5.91 Å². The molecule has 1 atom stereocenters. The number of nitrogens with one attached hydrogen (secondary N) is 1. The standard InChI is InChI=1S/C13H15N3O2/c1-9(8-18-2)15-13(17)12-7-14-10-5-3-4-6-11(10)16-12/h3-7,9H,8H2,1-2H3,(H,15,17)/t9-/m1/s1. The maximum Gasteiger partial charge on any atom is 0.271 e. The summed E-state index contributed by atoms with van der Waals surface area (Å²) in [7, 11) is 1.60. The Labute approximate surface area is 105 Å². The van der Waals surface area contributed by atoms with Gasteiger partial charge in [0.1, 0.15) is 5.69 Å². The van der Waals surface area contributed by atoms with Crippen molar-refractivity contribution in [2.24, 2.45) is 0 Å². The quantitative estimate of drug-likeness (QED) is 0.884. The highest BCUT2D eigenvalue weighted by Crippen LogP contribution is 2.08. The van der Waals surface area contributed by atoms with Crippen LogP contribution in [-0.4, -0.2) is 35.6 Å². The van der Waals surface area contributed by atoms with Gasteiger partial charge in [0.2, 0.25) is 0 Å². The van der Waals surface area contributed by atoms with Crippen LogP contribution in [0.3, 0.4) is 0 Å². The van der Waals surface area contributed by atoms with Crippen LogP contribution in [-0.2, 0) is 4.74 Å². The van der Waals surface area contributed by atoms with Gasteiger partial charge in [0.05, 0.1) is 23.8 Å². The number of carbonyl (C=O) groups is 1. The van der Waals surface area contributed by atoms with Gasteiger partial charge in [-0.1, -0.05) is 12.1 Å². The lowest BCUT2D eigenvalue weighted by atomic mass is 10.3. The second-order valence-corrected chi connectivity index (χ2v) is 4.07. The Hall–Kier alpha value is -2.01. The molecular weight excluding hydrogens is 230 g/mol. The summed E-state index contributed by atoms with van der Waals surface area (Å²) >= 11 is 0. The number of para-hydroxylation sites is 2. The number of rotatable bonds is 4. The van der Waals surface area contributed by atoms with Crippen LogP contribution < -0.4 is 5.32 Å². The minimum absolute atomic E-state index is 0.0595. The third-order valence-corrected chi connectivity index (χ3v) is 2.48. The number of hydrogen-bond donors (Lipinski definition) is 1. The predicted octanol–water partition coefficient (Wildman–Crippen LogP) is 1.39. The molecule has 1 aromatic heterocycles. The largest absolute Gasteiger partial charge is 0.383 e. The van der Waals surface area contributed by atoms with Crippen molar-refractivity contribution >= 4 is 16.9 Å². The zero-order valence-corrected chi connectivity index (χ0v) is 10.4. The highest BCUT2D eigenvalue weighted by Gasteiger charge is 2.11. The number of methoxy groups -OCH3 is 1. The van der Waals surface area contributed by atoms with Crippen molar-refractivity contribution in [1.82, 2.24) is 15.3 Å². The molecule has 0 aliphatic heterocycles. The minimum atomic E-state index is -0.238. The van der Waals surface area contributed by atoms with E-state index in [4.69, 9.17) is 4.74 Å². The lowest BCUT2D eigenvalue weighted by molar-refractivity contribution is 0.0900. The Balaban J connectivity index is 2.17. The molecule has 1 N–H and O–H groups in total. The van der Waals surface area contributed by atoms with Crippen LogP contribution in [0.25, 0.3) is 11.0 Å². The van der Waals surface area contributed by atoms with E-state index in [1.807, 2.05) is 31.2 Å². The van der Waals surface area contributed by atoms with Gasteiger partial charge in [-0.05, 0) is 19.1 Å². The van der Waals surface area contributed by atoms with Crippen LogP contribution in [0.5, 0.6) is 0 Å². The van der Waals surface area contributed by atoms with Crippen molar-refractivity contribution in [1.29, 1.82) is 0 Å². The summed E-state index contributed by atoms with van der Waals surface area (Å²) in [4.78, 5) is 20.4. The van der Waals surface area contributed by atoms with E-state index in [2.05, 4.69) is 15.3 Å². The zero-order valence-electron chi connectivity index (χ0n) is 10.4. The zero-order chi connectivity index (χ0) is 13.0. The second kappa shape index (κ2) is 5.55. The predicted molar refractivity (Wildman–Crippen MR) is 68.3 cm³/mol. The summed E-state index contributed by atoms with van der Waals surface area (Å²) in [6.45, 7) is 2.34. The van der Waals surface area contributed by atoms with Crippen molar-refractivity contribution < 1.29 is 9.53 Å². The summed E-state index contributed by atoms with van der Waals surface area (Å²) in [5, 5.41) is 2.80. The molecular formula is C13H15N3O2. The molecule has 0 radical (unpaired) electrons. The average Bonchev–Trinajstić information content (AvgIpc) is 2.38. The van der Waals surface area contributed by atoms with Gasteiger partial charge in [-0.2, -0.15) is 0 Å². The van der Waals surface area contributed by atoms with Gasteiger partial charge >= 0.3 is 0 Å². The molecule has 0 fully saturated rings. The molecule has 5 heteroatoms. The lowest BCUT2D eigenvalue weighted by Crippen LogP contribution is -2.36. The normalized spacial score (nSPS) is 12.3. The Morgan fingerprint density at radius 3 is 2.83 bits per heavy atom. The second-order valence-electron chi connectivity index (χ2n) is 4.07. The summed E-state index contributed by atoms with van der Waals surface area (Å²) < 4.78 is 4.96. The molecule has 0 saturated heterocycles. The fourth-order valence-corrected chi connectivity index (χ4v) is 1.66. The molecule has 2 rings (SSSR count). The molecule has 0 aliphatic carbocycles. The molecule has 0 unspecified atom stereocenters. The number of ether oxygens (including phenoxy) is 1. The Bertz CT molecular complexity index is 557. The maximum atomic E-state index is 11.9. The average molecular weight is 245 g/mol. The number of fused-ring (bicyclic) bond motifs is 1. The summed E-state index contributed by atoms with van der Waals surface area (Å²) in [5.41, 5.74) is 1.81. The Morgan fingerprint density at radius 2 is 2.11 bits per heavy atom. The fraction of sp³-hybridized carbons (Fsp3) is 0.308. The van der Waals surface area contributed by atoms with Gasteiger partial charge < -0.3 is 10.1 Å². The van der Waals surface area contributed by atoms with E-state index in [0.717, 1.165) is 5.52 Å². The first-order valence-electron chi connectivity index (χ1n) is 5.72. The van der Waals surface area contributed by atoms with Crippen LogP contribution in [0.1, 0.15) is 17.4 Å². The van der Waals surface area contributed by atoms with Crippen LogP contribution in [0.2, 0.25) is 0 Å². The van der Waals surface area contributed by atoms with E-state index >= 15 is 0 Å². The van der Waals surface area contributed by atoms with Crippen LogP contribution >= 0.6 is 0 Å². The van der Waals surface area contributed by atoms with Gasteiger partial charge in [-0.3, -0.25) is 9.78 Å². The first-order valence-corrected chi connectivity index (χ1v) is 5.72. The number of nitrogens with zero attached hydrogens (tertiary/aromatic N) is 2. The smallest absolute Gasteiger partial charge is 0.271 e. The number of aromatic nitrogens is 2. The van der Waals surface area contributed by atoms with Crippen molar-refractivity contribution in [2.75, 3.05) is 13.7 Å². The highest BCUT2D eigenvalue weighted by molar-refractivity contribution is 5.93. The molecule has 94 valence electrons. The number of carbonyl (C=O) groups excluding carboxylic acids is 1. The molecule has 0 saturated carbocycles. The molecule has 1 aromatic carbocycles. The molecule has 0 aliphatic rings. The Morgan fingerprint density at radius 1 is 1.39 bits per heavy atom. The van der Waals surface area contributed by atoms with Gasteiger partial charge in [-0.25, -0.2) is 4.98 Å². The number of benzene rings is 1. The van der Waals surface area contributed by atoms with E-state index in [0.29, 0.717) is 17.8 Å². The van der Waals surface area contributed by atoms with Crippen molar-refractivity contribution in [3.63, 3.8) is 0 Å². The van der Waals surface area contributed by atoms with E-state index < -0.39 is 0 Å². The molecule has 0 spiro atoms.